The highest BCUT2D eigenvalue weighted by molar-refractivity contribution is 7.18. The van der Waals surface area contributed by atoms with Crippen LogP contribution in [0.4, 0.5) is 0 Å². The zero-order valence-corrected chi connectivity index (χ0v) is 15.8. The van der Waals surface area contributed by atoms with Crippen molar-refractivity contribution in [3.63, 3.8) is 0 Å². The monoisotopic (exact) mass is 389 g/mol. The number of nitrogens with one attached hydrogen (secondary N) is 2. The zero-order valence-electron chi connectivity index (χ0n) is 14.2. The van der Waals surface area contributed by atoms with Gasteiger partial charge in [-0.15, -0.1) is 11.3 Å². The van der Waals surface area contributed by atoms with Crippen molar-refractivity contribution in [1.82, 2.24) is 25.4 Å². The van der Waals surface area contributed by atoms with Gasteiger partial charge in [-0.05, 0) is 43.7 Å². The third-order valence-corrected chi connectivity index (χ3v) is 5.84. The molecule has 26 heavy (non-hydrogen) atoms. The van der Waals surface area contributed by atoms with Crippen molar-refractivity contribution in [3.05, 3.63) is 46.2 Å². The fourth-order valence-corrected chi connectivity index (χ4v) is 4.26. The molecule has 1 atom stereocenters. The molecule has 1 fully saturated rings. The number of amides is 1. The van der Waals surface area contributed by atoms with Crippen molar-refractivity contribution in [3.8, 4) is 0 Å². The Hall–Kier alpha value is -1.96. The summed E-state index contributed by atoms with van der Waals surface area (Å²) in [5.74, 6) is -0.142. The van der Waals surface area contributed by atoms with Gasteiger partial charge in [0, 0.05) is 30.7 Å². The van der Waals surface area contributed by atoms with Gasteiger partial charge in [-0.2, -0.15) is 5.10 Å². The Morgan fingerprint density at radius 1 is 1.42 bits per heavy atom. The summed E-state index contributed by atoms with van der Waals surface area (Å²) in [4.78, 5) is 16.9. The van der Waals surface area contributed by atoms with Gasteiger partial charge in [0.25, 0.3) is 5.91 Å². The highest BCUT2D eigenvalue weighted by atomic mass is 35.5. The minimum absolute atomic E-state index is 0.142. The van der Waals surface area contributed by atoms with E-state index in [1.165, 1.54) is 0 Å². The molecule has 0 saturated carbocycles. The minimum atomic E-state index is -0.142. The van der Waals surface area contributed by atoms with Crippen molar-refractivity contribution in [2.75, 3.05) is 19.6 Å². The van der Waals surface area contributed by atoms with E-state index in [0.29, 0.717) is 29.7 Å². The molecule has 1 saturated heterocycles. The van der Waals surface area contributed by atoms with E-state index in [9.17, 15) is 4.79 Å². The molecule has 0 radical (unpaired) electrons. The number of carbonyl (C=O) groups is 1. The Bertz CT molecular complexity index is 915. The summed E-state index contributed by atoms with van der Waals surface area (Å²) in [6.45, 7) is 2.50. The van der Waals surface area contributed by atoms with E-state index in [4.69, 9.17) is 11.6 Å². The van der Waals surface area contributed by atoms with Gasteiger partial charge in [-0.1, -0.05) is 11.6 Å². The van der Waals surface area contributed by atoms with Crippen LogP contribution in [0.5, 0.6) is 0 Å². The first-order valence-corrected chi connectivity index (χ1v) is 9.97. The lowest BCUT2D eigenvalue weighted by molar-refractivity contribution is 0.0948. The summed E-state index contributed by atoms with van der Waals surface area (Å²) >= 11 is 7.62. The second-order valence-corrected chi connectivity index (χ2v) is 7.96. The van der Waals surface area contributed by atoms with Crippen LogP contribution in [0.2, 0.25) is 5.02 Å². The van der Waals surface area contributed by atoms with Crippen molar-refractivity contribution in [2.45, 2.75) is 25.3 Å². The lowest BCUT2D eigenvalue weighted by Gasteiger charge is -2.22. The first kappa shape index (κ1) is 17.5. The van der Waals surface area contributed by atoms with Crippen LogP contribution in [0, 0.1) is 0 Å². The number of hydrogen-bond donors (Lipinski definition) is 2. The Kier molecular flexibility index (Phi) is 5.19. The maximum absolute atomic E-state index is 12.3. The quantitative estimate of drug-likeness (QED) is 0.703. The molecule has 1 unspecified atom stereocenters. The fourth-order valence-electron chi connectivity index (χ4n) is 3.15. The predicted molar refractivity (Wildman–Crippen MR) is 104 cm³/mol. The standard InChI is InChI=1S/C18H20ClN5OS/c19-12-3-4-16-15(10-12)22-17(26-16)5-8-21-18(25)14-6-9-24(23-14)13-2-1-7-20-11-13/h3-4,6,9-10,13,20H,1-2,5,7-8,11H2,(H,21,25). The third-order valence-electron chi connectivity index (χ3n) is 4.50. The molecule has 2 aromatic heterocycles. The normalized spacial score (nSPS) is 17.5. The maximum Gasteiger partial charge on any atom is 0.271 e. The van der Waals surface area contributed by atoms with E-state index in [1.54, 1.807) is 17.4 Å². The van der Waals surface area contributed by atoms with Gasteiger partial charge in [0.1, 0.15) is 5.69 Å². The van der Waals surface area contributed by atoms with Crippen LogP contribution in [0.25, 0.3) is 10.2 Å². The molecule has 8 heteroatoms. The molecule has 1 aliphatic rings. The largest absolute Gasteiger partial charge is 0.350 e. The Labute approximate surface area is 160 Å². The van der Waals surface area contributed by atoms with E-state index in [2.05, 4.69) is 20.7 Å². The van der Waals surface area contributed by atoms with Crippen LogP contribution < -0.4 is 10.6 Å². The zero-order chi connectivity index (χ0) is 17.9. The number of thiazole rings is 1. The first-order valence-electron chi connectivity index (χ1n) is 8.78. The van der Waals surface area contributed by atoms with Gasteiger partial charge in [0.2, 0.25) is 0 Å². The van der Waals surface area contributed by atoms with Gasteiger partial charge in [0.15, 0.2) is 0 Å². The van der Waals surface area contributed by atoms with E-state index >= 15 is 0 Å². The molecule has 1 aromatic carbocycles. The molecule has 1 aliphatic heterocycles. The van der Waals surface area contributed by atoms with Crippen LogP contribution >= 0.6 is 22.9 Å². The Morgan fingerprint density at radius 3 is 3.19 bits per heavy atom. The Morgan fingerprint density at radius 2 is 2.35 bits per heavy atom. The summed E-state index contributed by atoms with van der Waals surface area (Å²) in [5, 5.41) is 12.4. The first-order chi connectivity index (χ1) is 12.7. The number of halogens is 1. The van der Waals surface area contributed by atoms with Crippen molar-refractivity contribution >= 4 is 39.1 Å². The molecule has 136 valence electrons. The van der Waals surface area contributed by atoms with E-state index in [0.717, 1.165) is 41.2 Å². The van der Waals surface area contributed by atoms with Gasteiger partial charge < -0.3 is 10.6 Å². The van der Waals surface area contributed by atoms with Gasteiger partial charge in [0.05, 0.1) is 21.3 Å². The van der Waals surface area contributed by atoms with Crippen molar-refractivity contribution in [1.29, 1.82) is 0 Å². The summed E-state index contributed by atoms with van der Waals surface area (Å²) in [5.41, 5.74) is 1.37. The summed E-state index contributed by atoms with van der Waals surface area (Å²) in [7, 11) is 0. The van der Waals surface area contributed by atoms with Crippen molar-refractivity contribution < 1.29 is 4.79 Å². The number of benzene rings is 1. The number of nitrogens with zero attached hydrogens (tertiary/aromatic N) is 3. The van der Waals surface area contributed by atoms with E-state index in [-0.39, 0.29) is 5.91 Å². The highest BCUT2D eigenvalue weighted by Crippen LogP contribution is 2.25. The van der Waals surface area contributed by atoms with Gasteiger partial charge in [-0.25, -0.2) is 4.98 Å². The van der Waals surface area contributed by atoms with Gasteiger partial charge >= 0.3 is 0 Å². The topological polar surface area (TPSA) is 71.8 Å². The number of hydrogen-bond acceptors (Lipinski definition) is 5. The van der Waals surface area contributed by atoms with Gasteiger partial charge in [-0.3, -0.25) is 9.48 Å². The SMILES string of the molecule is O=C(NCCc1nc2cc(Cl)ccc2s1)c1ccn(C2CCCNC2)n1. The number of rotatable bonds is 5. The fraction of sp³-hybridized carbons (Fsp3) is 0.389. The van der Waals surface area contributed by atoms with E-state index < -0.39 is 0 Å². The van der Waals surface area contributed by atoms with Crippen LogP contribution in [-0.4, -0.2) is 40.3 Å². The smallest absolute Gasteiger partial charge is 0.271 e. The average Bonchev–Trinajstić information content (AvgIpc) is 3.29. The second kappa shape index (κ2) is 7.73. The van der Waals surface area contributed by atoms with Crippen LogP contribution in [0.1, 0.15) is 34.4 Å². The number of piperidine rings is 1. The molecule has 1 amide bonds. The molecular formula is C18H20ClN5OS. The average molecular weight is 390 g/mol. The van der Waals surface area contributed by atoms with Crippen molar-refractivity contribution in [2.24, 2.45) is 0 Å². The van der Waals surface area contributed by atoms with Crippen LogP contribution in [0.3, 0.4) is 0 Å². The lowest BCUT2D eigenvalue weighted by atomic mass is 10.1. The number of carbonyl (C=O) groups excluding carboxylic acids is 1. The molecular weight excluding hydrogens is 370 g/mol. The molecule has 0 spiro atoms. The molecule has 2 N–H and O–H groups in total. The molecule has 4 rings (SSSR count). The molecule has 0 bridgehead atoms. The second-order valence-electron chi connectivity index (χ2n) is 6.41. The molecule has 0 aliphatic carbocycles. The minimum Gasteiger partial charge on any atom is -0.350 e. The predicted octanol–water partition coefficient (Wildman–Crippen LogP) is 3.04. The highest BCUT2D eigenvalue weighted by Gasteiger charge is 2.17. The third kappa shape index (κ3) is 3.90. The van der Waals surface area contributed by atoms with Crippen LogP contribution in [0.15, 0.2) is 30.5 Å². The lowest BCUT2D eigenvalue weighted by Crippen LogP contribution is -2.32. The molecule has 3 aromatic rings. The summed E-state index contributed by atoms with van der Waals surface area (Å²) in [6.07, 6.45) is 4.82. The van der Waals surface area contributed by atoms with Crippen LogP contribution in [-0.2, 0) is 6.42 Å². The number of fused-ring (bicyclic) bond motifs is 1. The van der Waals surface area contributed by atoms with E-state index in [1.807, 2.05) is 29.1 Å². The summed E-state index contributed by atoms with van der Waals surface area (Å²) in [6, 6.07) is 7.82. The number of aromatic nitrogens is 3. The maximum atomic E-state index is 12.3. The Balaban J connectivity index is 1.32. The summed E-state index contributed by atoms with van der Waals surface area (Å²) < 4.78 is 3.01. The molecule has 3 heterocycles. The molecule has 6 nitrogen and oxygen atoms in total.